The molecule has 3 rings (SSSR count). The minimum atomic E-state index is -0.462. The molecule has 27 heavy (non-hydrogen) atoms. The molecule has 2 amide bonds. The fourth-order valence-corrected chi connectivity index (χ4v) is 4.15. The average molecular weight is 399 g/mol. The summed E-state index contributed by atoms with van der Waals surface area (Å²) in [4.78, 5) is 26.3. The summed E-state index contributed by atoms with van der Waals surface area (Å²) in [6.07, 6.45) is 0. The number of nitrogens with two attached hydrogens (primary N) is 1. The van der Waals surface area contributed by atoms with Gasteiger partial charge < -0.3 is 10.6 Å². The average Bonchev–Trinajstić information content (AvgIpc) is 2.66. The van der Waals surface area contributed by atoms with Crippen molar-refractivity contribution in [2.24, 2.45) is 5.73 Å². The molecular formula is C21H19ClN2O2S. The number of nitrogens with zero attached hydrogens (tertiary/aromatic N) is 1. The first-order valence-corrected chi connectivity index (χ1v) is 9.75. The maximum Gasteiger partial charge on any atom is 0.248 e. The molecule has 3 aromatic carbocycles. The molecular weight excluding hydrogens is 380 g/mol. The fraction of sp³-hybridized carbons (Fsp3) is 0.143. The number of benzene rings is 3. The Morgan fingerprint density at radius 2 is 1.70 bits per heavy atom. The Morgan fingerprint density at radius 1 is 1.04 bits per heavy atom. The molecule has 0 aliphatic carbocycles. The Labute approximate surface area is 167 Å². The third-order valence-corrected chi connectivity index (χ3v) is 5.61. The van der Waals surface area contributed by atoms with Gasteiger partial charge in [0, 0.05) is 34.5 Å². The number of carbonyl (C=O) groups excluding carboxylic acids is 2. The van der Waals surface area contributed by atoms with Crippen LogP contribution in [0.4, 0.5) is 0 Å². The number of carbonyl (C=O) groups is 2. The van der Waals surface area contributed by atoms with Crippen LogP contribution in [0.25, 0.3) is 10.8 Å². The van der Waals surface area contributed by atoms with E-state index < -0.39 is 5.91 Å². The van der Waals surface area contributed by atoms with Gasteiger partial charge in [-0.25, -0.2) is 0 Å². The first-order valence-electron chi connectivity index (χ1n) is 8.38. The van der Waals surface area contributed by atoms with Gasteiger partial charge in [-0.15, -0.1) is 11.8 Å². The van der Waals surface area contributed by atoms with Gasteiger partial charge in [0.25, 0.3) is 0 Å². The first kappa shape index (κ1) is 19.3. The summed E-state index contributed by atoms with van der Waals surface area (Å²) in [7, 11) is 1.76. The summed E-state index contributed by atoms with van der Waals surface area (Å²) < 4.78 is 0. The second kappa shape index (κ2) is 8.46. The minimum Gasteiger partial charge on any atom is -0.366 e. The molecule has 4 nitrogen and oxygen atoms in total. The normalized spacial score (nSPS) is 10.7. The van der Waals surface area contributed by atoms with Gasteiger partial charge in [0.15, 0.2) is 0 Å². The van der Waals surface area contributed by atoms with E-state index in [9.17, 15) is 9.59 Å². The zero-order valence-corrected chi connectivity index (χ0v) is 16.4. The summed E-state index contributed by atoms with van der Waals surface area (Å²) in [6.45, 7) is 0.467. The number of hydrogen-bond donors (Lipinski definition) is 1. The van der Waals surface area contributed by atoms with Crippen LogP contribution in [0.5, 0.6) is 0 Å². The molecule has 0 fully saturated rings. The van der Waals surface area contributed by atoms with E-state index in [-0.39, 0.29) is 5.91 Å². The summed E-state index contributed by atoms with van der Waals surface area (Å²) in [6, 6.07) is 18.7. The van der Waals surface area contributed by atoms with Crippen LogP contribution in [0.3, 0.4) is 0 Å². The van der Waals surface area contributed by atoms with E-state index in [1.807, 2.05) is 48.5 Å². The predicted molar refractivity (Wildman–Crippen MR) is 111 cm³/mol. The lowest BCUT2D eigenvalue weighted by Gasteiger charge is -2.17. The number of rotatable bonds is 6. The molecule has 6 heteroatoms. The molecule has 0 bridgehead atoms. The molecule has 0 saturated carbocycles. The van der Waals surface area contributed by atoms with Crippen LogP contribution in [0.2, 0.25) is 5.02 Å². The van der Waals surface area contributed by atoms with Crippen LogP contribution in [-0.4, -0.2) is 29.5 Å². The highest BCUT2D eigenvalue weighted by atomic mass is 35.5. The first-order chi connectivity index (χ1) is 13.0. The quantitative estimate of drug-likeness (QED) is 0.628. The summed E-state index contributed by atoms with van der Waals surface area (Å²) in [5.74, 6) is -0.126. The van der Waals surface area contributed by atoms with Crippen molar-refractivity contribution in [1.29, 1.82) is 0 Å². The maximum atomic E-state index is 12.5. The second-order valence-corrected chi connectivity index (χ2v) is 7.62. The topological polar surface area (TPSA) is 63.4 Å². The van der Waals surface area contributed by atoms with Gasteiger partial charge in [-0.1, -0.05) is 48.0 Å². The molecule has 0 aliphatic rings. The molecule has 0 aliphatic heterocycles. The summed E-state index contributed by atoms with van der Waals surface area (Å²) in [5, 5.41) is 2.72. The van der Waals surface area contributed by atoms with E-state index in [0.717, 1.165) is 21.2 Å². The van der Waals surface area contributed by atoms with Crippen LogP contribution in [0.1, 0.15) is 15.9 Å². The summed E-state index contributed by atoms with van der Waals surface area (Å²) in [5.41, 5.74) is 6.64. The molecule has 2 N–H and O–H groups in total. The fourth-order valence-electron chi connectivity index (χ4n) is 2.77. The van der Waals surface area contributed by atoms with Crippen molar-refractivity contribution < 1.29 is 9.59 Å². The van der Waals surface area contributed by atoms with Gasteiger partial charge in [0.2, 0.25) is 11.8 Å². The zero-order valence-electron chi connectivity index (χ0n) is 14.8. The van der Waals surface area contributed by atoms with E-state index in [0.29, 0.717) is 22.9 Å². The van der Waals surface area contributed by atoms with E-state index in [2.05, 4.69) is 0 Å². The molecule has 0 saturated heterocycles. The number of primary amides is 1. The third kappa shape index (κ3) is 4.62. The Balaban J connectivity index is 1.65. The number of halogens is 1. The molecule has 0 spiro atoms. The third-order valence-electron chi connectivity index (χ3n) is 4.25. The van der Waals surface area contributed by atoms with Gasteiger partial charge in [0.05, 0.1) is 5.75 Å². The molecule has 0 unspecified atom stereocenters. The lowest BCUT2D eigenvalue weighted by molar-refractivity contribution is -0.127. The van der Waals surface area contributed by atoms with Gasteiger partial charge in [-0.2, -0.15) is 0 Å². The molecule has 3 aromatic rings. The molecule has 138 valence electrons. The smallest absolute Gasteiger partial charge is 0.248 e. The van der Waals surface area contributed by atoms with Crippen LogP contribution < -0.4 is 5.73 Å². The van der Waals surface area contributed by atoms with E-state index in [4.69, 9.17) is 17.3 Å². The Hall–Kier alpha value is -2.50. The Morgan fingerprint density at radius 3 is 2.37 bits per heavy atom. The van der Waals surface area contributed by atoms with E-state index in [1.165, 1.54) is 11.8 Å². The molecule has 0 heterocycles. The lowest BCUT2D eigenvalue weighted by Crippen LogP contribution is -2.27. The van der Waals surface area contributed by atoms with Crippen LogP contribution >= 0.6 is 23.4 Å². The van der Waals surface area contributed by atoms with Crippen LogP contribution in [0.15, 0.2) is 65.6 Å². The van der Waals surface area contributed by atoms with Crippen molar-refractivity contribution in [1.82, 2.24) is 4.90 Å². The van der Waals surface area contributed by atoms with Crippen molar-refractivity contribution in [2.45, 2.75) is 11.4 Å². The van der Waals surface area contributed by atoms with E-state index in [1.54, 1.807) is 24.1 Å². The monoisotopic (exact) mass is 398 g/mol. The lowest BCUT2D eigenvalue weighted by atomic mass is 10.1. The standard InChI is InChI=1S/C21H19ClN2O2S/c1-24(12-14-8-10-16(11-9-14)21(23)26)19(25)13-27-18-7-3-5-15-4-2-6-17(22)20(15)18/h2-11H,12-13H2,1H3,(H2,23,26). The van der Waals surface area contributed by atoms with Crippen LogP contribution in [-0.2, 0) is 11.3 Å². The highest BCUT2D eigenvalue weighted by molar-refractivity contribution is 8.00. The predicted octanol–water partition coefficient (Wildman–Crippen LogP) is 4.34. The number of amides is 2. The van der Waals surface area contributed by atoms with Crippen molar-refractivity contribution in [3.63, 3.8) is 0 Å². The van der Waals surface area contributed by atoms with Gasteiger partial charge in [-0.05, 0) is 35.2 Å². The highest BCUT2D eigenvalue weighted by Gasteiger charge is 2.12. The zero-order chi connectivity index (χ0) is 19.4. The molecule has 0 radical (unpaired) electrons. The van der Waals surface area contributed by atoms with Crippen LogP contribution in [0, 0.1) is 0 Å². The number of hydrogen-bond acceptors (Lipinski definition) is 3. The number of thioether (sulfide) groups is 1. The Kier molecular flexibility index (Phi) is 6.04. The molecule has 0 aromatic heterocycles. The van der Waals surface area contributed by atoms with Crippen molar-refractivity contribution in [3.05, 3.63) is 76.8 Å². The minimum absolute atomic E-state index is 0.0167. The highest BCUT2D eigenvalue weighted by Crippen LogP contribution is 2.33. The summed E-state index contributed by atoms with van der Waals surface area (Å²) >= 11 is 7.82. The molecule has 0 atom stereocenters. The second-order valence-electron chi connectivity index (χ2n) is 6.19. The van der Waals surface area contributed by atoms with E-state index >= 15 is 0 Å². The maximum absolute atomic E-state index is 12.5. The van der Waals surface area contributed by atoms with Gasteiger partial charge in [-0.3, -0.25) is 9.59 Å². The SMILES string of the molecule is CN(Cc1ccc(C(N)=O)cc1)C(=O)CSc1cccc2cccc(Cl)c12. The number of fused-ring (bicyclic) bond motifs is 1. The van der Waals surface area contributed by atoms with Crippen molar-refractivity contribution in [2.75, 3.05) is 12.8 Å². The van der Waals surface area contributed by atoms with Crippen molar-refractivity contribution in [3.8, 4) is 0 Å². The largest absolute Gasteiger partial charge is 0.366 e. The van der Waals surface area contributed by atoms with Gasteiger partial charge in [0.1, 0.15) is 0 Å². The Bertz CT molecular complexity index is 984. The van der Waals surface area contributed by atoms with Crippen molar-refractivity contribution >= 4 is 45.9 Å². The van der Waals surface area contributed by atoms with Gasteiger partial charge >= 0.3 is 0 Å².